The molecule has 0 spiro atoms. The molecule has 0 bridgehead atoms. The zero-order valence-corrected chi connectivity index (χ0v) is 8.93. The van der Waals surface area contributed by atoms with Gasteiger partial charge in [-0.1, -0.05) is 24.3 Å². The van der Waals surface area contributed by atoms with E-state index in [0.29, 0.717) is 12.3 Å². The van der Waals surface area contributed by atoms with Crippen molar-refractivity contribution in [1.29, 1.82) is 0 Å². The summed E-state index contributed by atoms with van der Waals surface area (Å²) >= 11 is 0. The molecular weight excluding hydrogens is 202 g/mol. The second-order valence-corrected chi connectivity index (χ2v) is 3.86. The molecule has 0 radical (unpaired) electrons. The molecule has 1 aliphatic heterocycles. The molecule has 1 aliphatic rings. The quantitative estimate of drug-likeness (QED) is 0.618. The van der Waals surface area contributed by atoms with E-state index in [1.807, 2.05) is 30.3 Å². The molecule has 3 heteroatoms. The topological polar surface area (TPSA) is 31.2 Å². The predicted molar refractivity (Wildman–Crippen MR) is 61.8 cm³/mol. The van der Waals surface area contributed by atoms with Gasteiger partial charge in [-0.05, 0) is 5.56 Å². The molecule has 0 unspecified atom stereocenters. The lowest BCUT2D eigenvalue weighted by atomic mass is 10.1. The van der Waals surface area contributed by atoms with Crippen LogP contribution in [-0.2, 0) is 6.54 Å². The van der Waals surface area contributed by atoms with E-state index in [0.717, 1.165) is 11.3 Å². The summed E-state index contributed by atoms with van der Waals surface area (Å²) in [6.07, 6.45) is 0. The molecule has 0 amide bonds. The van der Waals surface area contributed by atoms with Crippen molar-refractivity contribution in [3.63, 3.8) is 0 Å². The molecule has 80 valence electrons. The average molecular weight is 213 g/mol. The van der Waals surface area contributed by atoms with E-state index in [-0.39, 0.29) is 5.56 Å². The summed E-state index contributed by atoms with van der Waals surface area (Å²) < 4.78 is 6.89. The molecule has 0 saturated carbocycles. The Hall–Kier alpha value is -2.03. The van der Waals surface area contributed by atoms with Crippen LogP contribution in [0.1, 0.15) is 5.56 Å². The van der Waals surface area contributed by atoms with Crippen LogP contribution in [0, 0.1) is 0 Å². The molecule has 0 N–H and O–H groups in total. The third kappa shape index (κ3) is 1.18. The van der Waals surface area contributed by atoms with Gasteiger partial charge in [-0.25, -0.2) is 0 Å². The second kappa shape index (κ2) is 3.23. The van der Waals surface area contributed by atoms with Gasteiger partial charge >= 0.3 is 0 Å². The first-order chi connectivity index (χ1) is 7.79. The number of rotatable bonds is 1. The Morgan fingerprint density at radius 1 is 1.25 bits per heavy atom. The van der Waals surface area contributed by atoms with Crippen molar-refractivity contribution < 1.29 is 4.74 Å². The number of hydrogen-bond donors (Lipinski definition) is 0. The number of fused-ring (bicyclic) bond motifs is 3. The smallest absolute Gasteiger partial charge is 0.255 e. The molecule has 16 heavy (non-hydrogen) atoms. The molecular formula is C13H11NO2. The van der Waals surface area contributed by atoms with Crippen LogP contribution in [0.4, 0.5) is 0 Å². The molecule has 0 saturated heterocycles. The number of benzene rings is 1. The maximum absolute atomic E-state index is 11.8. The standard InChI is InChI=1S/C13H11NO2/c1-16-10-6-12-11-5-3-2-4-9(11)8-14(12)13(15)7-10/h2-7H,8H2,1H3. The van der Waals surface area contributed by atoms with Crippen molar-refractivity contribution in [2.45, 2.75) is 6.54 Å². The van der Waals surface area contributed by atoms with Gasteiger partial charge in [-0.3, -0.25) is 4.79 Å². The van der Waals surface area contributed by atoms with Crippen molar-refractivity contribution in [3.05, 3.63) is 52.3 Å². The summed E-state index contributed by atoms with van der Waals surface area (Å²) in [6.45, 7) is 0.661. The first-order valence-corrected chi connectivity index (χ1v) is 5.17. The highest BCUT2D eigenvalue weighted by molar-refractivity contribution is 5.68. The van der Waals surface area contributed by atoms with Crippen LogP contribution < -0.4 is 10.3 Å². The average Bonchev–Trinajstić information content (AvgIpc) is 2.68. The van der Waals surface area contributed by atoms with Crippen LogP contribution in [0.3, 0.4) is 0 Å². The largest absolute Gasteiger partial charge is 0.496 e. The lowest BCUT2D eigenvalue weighted by Gasteiger charge is -2.05. The zero-order valence-electron chi connectivity index (χ0n) is 8.93. The Morgan fingerprint density at radius 2 is 2.06 bits per heavy atom. The van der Waals surface area contributed by atoms with Gasteiger partial charge in [0, 0.05) is 17.7 Å². The van der Waals surface area contributed by atoms with Crippen molar-refractivity contribution in [2.24, 2.45) is 0 Å². The summed E-state index contributed by atoms with van der Waals surface area (Å²) in [5, 5.41) is 0. The first-order valence-electron chi connectivity index (χ1n) is 5.17. The Labute approximate surface area is 92.9 Å². The number of hydrogen-bond acceptors (Lipinski definition) is 2. The third-order valence-corrected chi connectivity index (χ3v) is 2.96. The van der Waals surface area contributed by atoms with E-state index in [9.17, 15) is 4.79 Å². The minimum atomic E-state index is -0.00875. The highest BCUT2D eigenvalue weighted by atomic mass is 16.5. The van der Waals surface area contributed by atoms with Gasteiger partial charge < -0.3 is 9.30 Å². The highest BCUT2D eigenvalue weighted by Crippen LogP contribution is 2.31. The van der Waals surface area contributed by atoms with Gasteiger partial charge in [0.25, 0.3) is 5.56 Å². The van der Waals surface area contributed by atoms with Crippen molar-refractivity contribution in [2.75, 3.05) is 7.11 Å². The molecule has 0 atom stereocenters. The van der Waals surface area contributed by atoms with Gasteiger partial charge in [0.2, 0.25) is 0 Å². The third-order valence-electron chi connectivity index (χ3n) is 2.96. The van der Waals surface area contributed by atoms with Crippen LogP contribution in [0.5, 0.6) is 5.75 Å². The van der Waals surface area contributed by atoms with E-state index >= 15 is 0 Å². The van der Waals surface area contributed by atoms with Crippen molar-refractivity contribution >= 4 is 0 Å². The number of aromatic nitrogens is 1. The summed E-state index contributed by atoms with van der Waals surface area (Å²) in [7, 11) is 1.58. The molecule has 1 aromatic carbocycles. The Bertz CT molecular complexity index is 614. The van der Waals surface area contributed by atoms with Crippen LogP contribution in [-0.4, -0.2) is 11.7 Å². The molecule has 2 heterocycles. The van der Waals surface area contributed by atoms with Crippen molar-refractivity contribution in [1.82, 2.24) is 4.57 Å². The SMILES string of the molecule is COc1cc2n(c(=O)c1)Cc1ccccc1-2. The van der Waals surface area contributed by atoms with Gasteiger partial charge in [-0.2, -0.15) is 0 Å². The monoisotopic (exact) mass is 213 g/mol. The van der Waals surface area contributed by atoms with Gasteiger partial charge in [0.15, 0.2) is 0 Å². The summed E-state index contributed by atoms with van der Waals surface area (Å²) in [5.74, 6) is 0.618. The summed E-state index contributed by atoms with van der Waals surface area (Å²) in [5.41, 5.74) is 3.25. The van der Waals surface area contributed by atoms with E-state index in [4.69, 9.17) is 4.74 Å². The minimum absolute atomic E-state index is 0.00875. The Morgan fingerprint density at radius 3 is 2.88 bits per heavy atom. The van der Waals surface area contributed by atoms with E-state index in [1.165, 1.54) is 11.6 Å². The van der Waals surface area contributed by atoms with Gasteiger partial charge in [0.05, 0.1) is 19.3 Å². The number of ether oxygens (including phenoxy) is 1. The maximum Gasteiger partial charge on any atom is 0.255 e. The van der Waals surface area contributed by atoms with Gasteiger partial charge in [0.1, 0.15) is 5.75 Å². The fourth-order valence-corrected chi connectivity index (χ4v) is 2.16. The lowest BCUT2D eigenvalue weighted by molar-refractivity contribution is 0.413. The first kappa shape index (κ1) is 9.21. The van der Waals surface area contributed by atoms with Crippen LogP contribution in [0.15, 0.2) is 41.2 Å². The fraction of sp³-hybridized carbons (Fsp3) is 0.154. The predicted octanol–water partition coefficient (Wildman–Crippen LogP) is 1.89. The molecule has 0 fully saturated rings. The van der Waals surface area contributed by atoms with E-state index in [1.54, 1.807) is 11.7 Å². The number of methoxy groups -OCH3 is 1. The van der Waals surface area contributed by atoms with Crippen LogP contribution in [0.2, 0.25) is 0 Å². The highest BCUT2D eigenvalue weighted by Gasteiger charge is 2.19. The molecule has 1 aromatic heterocycles. The van der Waals surface area contributed by atoms with E-state index < -0.39 is 0 Å². The number of pyridine rings is 1. The maximum atomic E-state index is 11.8. The summed E-state index contributed by atoms with van der Waals surface area (Å²) in [6, 6.07) is 11.5. The lowest BCUT2D eigenvalue weighted by Crippen LogP contribution is -2.17. The van der Waals surface area contributed by atoms with Crippen LogP contribution in [0.25, 0.3) is 11.3 Å². The summed E-state index contributed by atoms with van der Waals surface area (Å²) in [4.78, 5) is 11.8. The minimum Gasteiger partial charge on any atom is -0.496 e. The molecule has 2 aromatic rings. The fourth-order valence-electron chi connectivity index (χ4n) is 2.16. The molecule has 3 rings (SSSR count). The number of nitrogens with zero attached hydrogens (tertiary/aromatic N) is 1. The molecule has 3 nitrogen and oxygen atoms in total. The Balaban J connectivity index is 2.31. The Kier molecular flexibility index (Phi) is 1.86. The van der Waals surface area contributed by atoms with Crippen molar-refractivity contribution in [3.8, 4) is 17.0 Å². The normalized spacial score (nSPS) is 12.1. The van der Waals surface area contributed by atoms with Gasteiger partial charge in [-0.15, -0.1) is 0 Å². The van der Waals surface area contributed by atoms with Crippen LogP contribution >= 0.6 is 0 Å². The van der Waals surface area contributed by atoms with E-state index in [2.05, 4.69) is 0 Å². The second-order valence-electron chi connectivity index (χ2n) is 3.86. The zero-order chi connectivity index (χ0) is 11.1. The molecule has 0 aliphatic carbocycles.